The first kappa shape index (κ1) is 16.2. The molecule has 1 aromatic rings. The number of nitrogens with zero attached hydrogens (tertiary/aromatic N) is 1. The number of methoxy groups -OCH3 is 1. The summed E-state index contributed by atoms with van der Waals surface area (Å²) in [5.74, 6) is 0. The fourth-order valence-corrected chi connectivity index (χ4v) is 2.49. The Morgan fingerprint density at radius 1 is 1.11 bits per heavy atom. The maximum Gasteiger partial charge on any atom is 0.0589 e. The van der Waals surface area contributed by atoms with Crippen LogP contribution in [0.4, 0.5) is 0 Å². The van der Waals surface area contributed by atoms with E-state index in [1.807, 2.05) is 0 Å². The molecule has 0 spiro atoms. The molecule has 0 radical (unpaired) electrons. The van der Waals surface area contributed by atoms with Gasteiger partial charge in [-0.05, 0) is 57.0 Å². The van der Waals surface area contributed by atoms with Crippen molar-refractivity contribution in [1.82, 2.24) is 4.90 Å². The summed E-state index contributed by atoms with van der Waals surface area (Å²) in [5.41, 5.74) is 11.2. The second kappa shape index (κ2) is 8.31. The minimum atomic E-state index is 0.745. The van der Waals surface area contributed by atoms with Crippen LogP contribution >= 0.6 is 0 Å². The lowest BCUT2D eigenvalue weighted by Gasteiger charge is -2.24. The number of aryl methyl sites for hydroxylation is 3. The third kappa shape index (κ3) is 5.31. The number of nitrogens with two attached hydrogens (primary N) is 1. The monoisotopic (exact) mass is 264 g/mol. The van der Waals surface area contributed by atoms with Gasteiger partial charge in [0, 0.05) is 20.2 Å². The van der Waals surface area contributed by atoms with Crippen molar-refractivity contribution in [1.29, 1.82) is 0 Å². The summed E-state index contributed by atoms with van der Waals surface area (Å²) >= 11 is 0. The predicted octanol–water partition coefficient (Wildman–Crippen LogP) is 2.41. The number of benzene rings is 1. The molecule has 0 saturated heterocycles. The van der Waals surface area contributed by atoms with E-state index in [-0.39, 0.29) is 0 Å². The minimum absolute atomic E-state index is 0.745. The molecule has 0 aliphatic carbocycles. The maximum atomic E-state index is 5.62. The summed E-state index contributed by atoms with van der Waals surface area (Å²) in [5, 5.41) is 0. The first-order valence-electron chi connectivity index (χ1n) is 7.06. The number of hydrogen-bond donors (Lipinski definition) is 1. The summed E-state index contributed by atoms with van der Waals surface area (Å²) in [7, 11) is 1.75. The molecule has 0 amide bonds. The highest BCUT2D eigenvalue weighted by molar-refractivity contribution is 5.37. The van der Waals surface area contributed by atoms with E-state index in [1.54, 1.807) is 7.11 Å². The van der Waals surface area contributed by atoms with Gasteiger partial charge in [0.1, 0.15) is 0 Å². The van der Waals surface area contributed by atoms with Gasteiger partial charge in [0.25, 0.3) is 0 Å². The van der Waals surface area contributed by atoms with Crippen molar-refractivity contribution in [3.63, 3.8) is 0 Å². The highest BCUT2D eigenvalue weighted by Crippen LogP contribution is 2.18. The lowest BCUT2D eigenvalue weighted by atomic mass is 9.99. The van der Waals surface area contributed by atoms with Crippen molar-refractivity contribution in [2.75, 3.05) is 33.4 Å². The summed E-state index contributed by atoms with van der Waals surface area (Å²) in [6.45, 7) is 11.1. The van der Waals surface area contributed by atoms with E-state index in [4.69, 9.17) is 10.5 Å². The Kier molecular flexibility index (Phi) is 7.06. The summed E-state index contributed by atoms with van der Waals surface area (Å²) < 4.78 is 5.20. The van der Waals surface area contributed by atoms with Gasteiger partial charge >= 0.3 is 0 Å². The van der Waals surface area contributed by atoms with Crippen molar-refractivity contribution in [2.24, 2.45) is 5.73 Å². The SMILES string of the molecule is COCCN(CCCN)Cc1c(C)cc(C)cc1C. The molecule has 0 aliphatic rings. The topological polar surface area (TPSA) is 38.5 Å². The van der Waals surface area contributed by atoms with E-state index in [1.165, 1.54) is 22.3 Å². The average Bonchev–Trinajstić information content (AvgIpc) is 2.35. The fraction of sp³-hybridized carbons (Fsp3) is 0.625. The molecule has 0 unspecified atom stereocenters. The van der Waals surface area contributed by atoms with Gasteiger partial charge in [-0.3, -0.25) is 4.90 Å². The van der Waals surface area contributed by atoms with Crippen LogP contribution in [0.1, 0.15) is 28.7 Å². The standard InChI is InChI=1S/C16H28N2O/c1-13-10-14(2)16(15(3)11-13)12-18(7-5-6-17)8-9-19-4/h10-11H,5-9,12,17H2,1-4H3. The third-order valence-electron chi connectivity index (χ3n) is 3.51. The molecule has 0 atom stereocenters. The molecule has 0 aliphatic heterocycles. The van der Waals surface area contributed by atoms with Gasteiger partial charge in [-0.15, -0.1) is 0 Å². The molecule has 0 heterocycles. The molecule has 3 heteroatoms. The van der Waals surface area contributed by atoms with Crippen LogP contribution in [0.15, 0.2) is 12.1 Å². The van der Waals surface area contributed by atoms with E-state index in [0.717, 1.165) is 39.2 Å². The van der Waals surface area contributed by atoms with Gasteiger partial charge in [0.15, 0.2) is 0 Å². The fourth-order valence-electron chi connectivity index (χ4n) is 2.49. The van der Waals surface area contributed by atoms with E-state index in [9.17, 15) is 0 Å². The van der Waals surface area contributed by atoms with E-state index >= 15 is 0 Å². The lowest BCUT2D eigenvalue weighted by Crippen LogP contribution is -2.30. The average molecular weight is 264 g/mol. The quantitative estimate of drug-likeness (QED) is 0.783. The van der Waals surface area contributed by atoms with Gasteiger partial charge in [-0.25, -0.2) is 0 Å². The summed E-state index contributed by atoms with van der Waals surface area (Å²) in [6.07, 6.45) is 1.04. The zero-order valence-corrected chi connectivity index (χ0v) is 12.8. The smallest absolute Gasteiger partial charge is 0.0589 e. The van der Waals surface area contributed by atoms with Gasteiger partial charge in [-0.1, -0.05) is 17.7 Å². The van der Waals surface area contributed by atoms with Gasteiger partial charge in [0.2, 0.25) is 0 Å². The van der Waals surface area contributed by atoms with Crippen molar-refractivity contribution in [3.8, 4) is 0 Å². The Morgan fingerprint density at radius 2 is 1.74 bits per heavy atom. The molecule has 1 aromatic carbocycles. The second-order valence-electron chi connectivity index (χ2n) is 5.29. The van der Waals surface area contributed by atoms with Crippen LogP contribution in [0, 0.1) is 20.8 Å². The third-order valence-corrected chi connectivity index (χ3v) is 3.51. The maximum absolute atomic E-state index is 5.62. The molecule has 0 aromatic heterocycles. The van der Waals surface area contributed by atoms with Crippen LogP contribution in [0.2, 0.25) is 0 Å². The van der Waals surface area contributed by atoms with Gasteiger partial charge in [-0.2, -0.15) is 0 Å². The van der Waals surface area contributed by atoms with Crippen LogP contribution in [-0.4, -0.2) is 38.3 Å². The normalized spacial score (nSPS) is 11.3. The van der Waals surface area contributed by atoms with Crippen LogP contribution in [-0.2, 0) is 11.3 Å². The molecule has 2 N–H and O–H groups in total. The molecular formula is C16H28N2O. The minimum Gasteiger partial charge on any atom is -0.383 e. The predicted molar refractivity (Wildman–Crippen MR) is 81.5 cm³/mol. The Balaban J connectivity index is 2.77. The zero-order valence-electron chi connectivity index (χ0n) is 12.8. The van der Waals surface area contributed by atoms with Crippen molar-refractivity contribution < 1.29 is 4.74 Å². The zero-order chi connectivity index (χ0) is 14.3. The van der Waals surface area contributed by atoms with Crippen molar-refractivity contribution >= 4 is 0 Å². The Bertz CT molecular complexity index is 359. The van der Waals surface area contributed by atoms with Crippen LogP contribution in [0.25, 0.3) is 0 Å². The van der Waals surface area contributed by atoms with E-state index in [2.05, 4.69) is 37.8 Å². The van der Waals surface area contributed by atoms with Crippen molar-refractivity contribution in [2.45, 2.75) is 33.7 Å². The second-order valence-corrected chi connectivity index (χ2v) is 5.29. The molecule has 0 saturated carbocycles. The lowest BCUT2D eigenvalue weighted by molar-refractivity contribution is 0.143. The molecular weight excluding hydrogens is 236 g/mol. The van der Waals surface area contributed by atoms with Crippen LogP contribution < -0.4 is 5.73 Å². The summed E-state index contributed by atoms with van der Waals surface area (Å²) in [4.78, 5) is 2.43. The first-order chi connectivity index (χ1) is 9.08. The summed E-state index contributed by atoms with van der Waals surface area (Å²) in [6, 6.07) is 4.53. The first-order valence-corrected chi connectivity index (χ1v) is 7.06. The number of rotatable bonds is 8. The Morgan fingerprint density at radius 3 is 2.26 bits per heavy atom. The van der Waals surface area contributed by atoms with E-state index < -0.39 is 0 Å². The highest BCUT2D eigenvalue weighted by Gasteiger charge is 2.10. The van der Waals surface area contributed by atoms with Crippen molar-refractivity contribution in [3.05, 3.63) is 34.4 Å². The number of hydrogen-bond acceptors (Lipinski definition) is 3. The molecule has 19 heavy (non-hydrogen) atoms. The molecule has 0 bridgehead atoms. The molecule has 1 rings (SSSR count). The van der Waals surface area contributed by atoms with Crippen LogP contribution in [0.3, 0.4) is 0 Å². The van der Waals surface area contributed by atoms with Gasteiger partial charge in [0.05, 0.1) is 6.61 Å². The number of ether oxygens (including phenoxy) is 1. The molecule has 3 nitrogen and oxygen atoms in total. The van der Waals surface area contributed by atoms with Gasteiger partial charge < -0.3 is 10.5 Å². The highest BCUT2D eigenvalue weighted by atomic mass is 16.5. The Labute approximate surface area is 117 Å². The van der Waals surface area contributed by atoms with E-state index in [0.29, 0.717) is 0 Å². The molecule has 0 fully saturated rings. The van der Waals surface area contributed by atoms with Crippen LogP contribution in [0.5, 0.6) is 0 Å². The Hall–Kier alpha value is -0.900. The molecule has 108 valence electrons. The largest absolute Gasteiger partial charge is 0.383 e.